The van der Waals surface area contributed by atoms with Gasteiger partial charge in [0.2, 0.25) is 5.95 Å². The summed E-state index contributed by atoms with van der Waals surface area (Å²) in [6.07, 6.45) is -5.36. The number of aromatic nitrogens is 4. The normalized spacial score (nSPS) is 13.4. The van der Waals surface area contributed by atoms with Crippen molar-refractivity contribution in [3.63, 3.8) is 0 Å². The number of ether oxygens (including phenoxy) is 1. The fourth-order valence-corrected chi connectivity index (χ4v) is 4.83. The van der Waals surface area contributed by atoms with E-state index in [1.165, 1.54) is 13.2 Å². The third-order valence-corrected chi connectivity index (χ3v) is 6.89. The van der Waals surface area contributed by atoms with E-state index in [4.69, 9.17) is 4.98 Å². The number of hydrogen-bond acceptors (Lipinski definition) is 8. The Morgan fingerprint density at radius 2 is 1.73 bits per heavy atom. The van der Waals surface area contributed by atoms with Crippen LogP contribution < -0.4 is 5.32 Å². The first-order valence-electron chi connectivity index (χ1n) is 14.1. The second kappa shape index (κ2) is 13.6. The SMILES string of the molecule is COC(=O)C[C@H](O)C[C@H](O)CCn1c(C(C)(C)C)nc(-c2ccnc(Nc3ccccc3)n2)c1-c1cccc(C(F)(F)F)c1. The summed E-state index contributed by atoms with van der Waals surface area (Å²) < 4.78 is 47.8. The highest BCUT2D eigenvalue weighted by Crippen LogP contribution is 2.39. The smallest absolute Gasteiger partial charge is 0.416 e. The summed E-state index contributed by atoms with van der Waals surface area (Å²) in [6, 6.07) is 15.9. The zero-order chi connectivity index (χ0) is 32.1. The van der Waals surface area contributed by atoms with Crippen LogP contribution in [0.4, 0.5) is 24.8 Å². The number of nitrogens with zero attached hydrogens (tertiary/aromatic N) is 4. The van der Waals surface area contributed by atoms with Gasteiger partial charge in [0.25, 0.3) is 0 Å². The van der Waals surface area contributed by atoms with Gasteiger partial charge in [-0.1, -0.05) is 51.1 Å². The summed E-state index contributed by atoms with van der Waals surface area (Å²) in [4.78, 5) is 25.4. The van der Waals surface area contributed by atoms with Crippen LogP contribution in [0.25, 0.3) is 22.6 Å². The molecular weight excluding hydrogens is 575 g/mol. The number of imidazole rings is 1. The van der Waals surface area contributed by atoms with Gasteiger partial charge in [0.15, 0.2) is 0 Å². The minimum absolute atomic E-state index is 0.0825. The van der Waals surface area contributed by atoms with Gasteiger partial charge in [0.05, 0.1) is 42.7 Å². The van der Waals surface area contributed by atoms with Gasteiger partial charge < -0.3 is 24.8 Å². The maximum atomic E-state index is 13.8. The predicted molar refractivity (Wildman–Crippen MR) is 160 cm³/mol. The number of carbonyl (C=O) groups is 1. The fraction of sp³-hybridized carbons (Fsp3) is 0.375. The molecule has 2 atom stereocenters. The molecule has 44 heavy (non-hydrogen) atoms. The summed E-state index contributed by atoms with van der Waals surface area (Å²) in [6.45, 7) is 5.97. The molecule has 12 heteroatoms. The van der Waals surface area contributed by atoms with Crippen LogP contribution in [0.5, 0.6) is 0 Å². The van der Waals surface area contributed by atoms with Gasteiger partial charge in [-0.25, -0.2) is 15.0 Å². The second-order valence-electron chi connectivity index (χ2n) is 11.5. The van der Waals surface area contributed by atoms with E-state index in [0.717, 1.165) is 17.8 Å². The van der Waals surface area contributed by atoms with Gasteiger partial charge in [-0.05, 0) is 43.2 Å². The van der Waals surface area contributed by atoms with Crippen LogP contribution in [0.15, 0.2) is 66.9 Å². The molecule has 0 aliphatic rings. The maximum Gasteiger partial charge on any atom is 0.416 e. The maximum absolute atomic E-state index is 13.8. The summed E-state index contributed by atoms with van der Waals surface area (Å²) in [5.41, 5.74) is 0.805. The van der Waals surface area contributed by atoms with E-state index >= 15 is 0 Å². The molecule has 4 rings (SSSR count). The molecule has 2 aromatic heterocycles. The molecule has 0 amide bonds. The number of carbonyl (C=O) groups excluding carboxylic acids is 1. The largest absolute Gasteiger partial charge is 0.469 e. The Hall–Kier alpha value is -4.29. The highest BCUT2D eigenvalue weighted by molar-refractivity contribution is 5.78. The van der Waals surface area contributed by atoms with Crippen molar-refractivity contribution in [2.24, 2.45) is 0 Å². The van der Waals surface area contributed by atoms with Gasteiger partial charge in [0, 0.05) is 29.4 Å². The van der Waals surface area contributed by atoms with E-state index in [2.05, 4.69) is 20.0 Å². The molecule has 2 heterocycles. The third-order valence-electron chi connectivity index (χ3n) is 6.89. The van der Waals surface area contributed by atoms with Crippen LogP contribution in [-0.2, 0) is 27.7 Å². The lowest BCUT2D eigenvalue weighted by atomic mass is 9.95. The third kappa shape index (κ3) is 8.20. The van der Waals surface area contributed by atoms with E-state index in [1.54, 1.807) is 22.9 Å². The lowest BCUT2D eigenvalue weighted by molar-refractivity contribution is -0.143. The number of rotatable bonds is 11. The minimum atomic E-state index is -4.57. The van der Waals surface area contributed by atoms with Crippen molar-refractivity contribution in [3.8, 4) is 22.6 Å². The Balaban J connectivity index is 1.81. The van der Waals surface area contributed by atoms with Crippen molar-refractivity contribution >= 4 is 17.6 Å². The second-order valence-corrected chi connectivity index (χ2v) is 11.5. The standard InChI is InChI=1S/C32H36F3N5O4/c1-31(2,3)29-39-27(25-13-15-36-30(38-25)37-22-11-6-5-7-12-22)28(20-9-8-10-21(17-20)32(33,34)35)40(29)16-14-23(41)18-24(42)19-26(43)44-4/h5-13,15,17,23-24,41-42H,14,16,18-19H2,1-4H3,(H,36,37,38)/t23-,24-/m1/s1. The summed E-state index contributed by atoms with van der Waals surface area (Å²) in [5, 5.41) is 24.1. The molecule has 0 aliphatic heterocycles. The van der Waals surface area contributed by atoms with Crippen LogP contribution in [0, 0.1) is 0 Å². The number of methoxy groups -OCH3 is 1. The number of halogens is 3. The molecule has 0 radical (unpaired) electrons. The zero-order valence-corrected chi connectivity index (χ0v) is 25.0. The molecule has 2 aromatic carbocycles. The molecule has 234 valence electrons. The average molecular weight is 612 g/mol. The minimum Gasteiger partial charge on any atom is -0.469 e. The van der Waals surface area contributed by atoms with Gasteiger partial charge in [-0.2, -0.15) is 13.2 Å². The molecule has 9 nitrogen and oxygen atoms in total. The Kier molecular flexibility index (Phi) is 10.1. The first-order chi connectivity index (χ1) is 20.8. The molecule has 3 N–H and O–H groups in total. The van der Waals surface area contributed by atoms with Crippen molar-refractivity contribution in [1.29, 1.82) is 0 Å². The topological polar surface area (TPSA) is 122 Å². The number of alkyl halides is 3. The Morgan fingerprint density at radius 3 is 2.39 bits per heavy atom. The fourth-order valence-electron chi connectivity index (χ4n) is 4.83. The predicted octanol–water partition coefficient (Wildman–Crippen LogP) is 6.13. The number of anilines is 2. The van der Waals surface area contributed by atoms with Gasteiger partial charge >= 0.3 is 12.1 Å². The van der Waals surface area contributed by atoms with Crippen molar-refractivity contribution in [3.05, 3.63) is 78.2 Å². The Bertz CT molecular complexity index is 1570. The highest BCUT2D eigenvalue weighted by atomic mass is 19.4. The van der Waals surface area contributed by atoms with Crippen molar-refractivity contribution in [1.82, 2.24) is 19.5 Å². The van der Waals surface area contributed by atoms with E-state index in [0.29, 0.717) is 22.9 Å². The van der Waals surface area contributed by atoms with Crippen LogP contribution in [0.1, 0.15) is 51.4 Å². The first kappa shape index (κ1) is 32.6. The molecule has 0 saturated heterocycles. The van der Waals surface area contributed by atoms with Crippen molar-refractivity contribution in [2.45, 2.75) is 70.4 Å². The molecule has 0 saturated carbocycles. The number of benzene rings is 2. The van der Waals surface area contributed by atoms with Crippen LogP contribution in [-0.4, -0.2) is 55.0 Å². The number of hydrogen-bond donors (Lipinski definition) is 3. The van der Waals surface area contributed by atoms with Crippen LogP contribution in [0.3, 0.4) is 0 Å². The molecular formula is C32H36F3N5O4. The number of nitrogens with one attached hydrogen (secondary N) is 1. The average Bonchev–Trinajstić information content (AvgIpc) is 3.36. The van der Waals surface area contributed by atoms with E-state index in [9.17, 15) is 28.2 Å². The number of para-hydroxylation sites is 1. The first-order valence-corrected chi connectivity index (χ1v) is 14.1. The lowest BCUT2D eigenvalue weighted by Gasteiger charge is -2.23. The summed E-state index contributed by atoms with van der Waals surface area (Å²) in [5.74, 6) is 0.251. The summed E-state index contributed by atoms with van der Waals surface area (Å²) >= 11 is 0. The van der Waals surface area contributed by atoms with Crippen molar-refractivity contribution < 1.29 is 32.9 Å². The van der Waals surface area contributed by atoms with Crippen molar-refractivity contribution in [2.75, 3.05) is 12.4 Å². The number of aliphatic hydroxyl groups is 2. The quantitative estimate of drug-likeness (QED) is 0.173. The molecule has 0 aliphatic carbocycles. The molecule has 0 bridgehead atoms. The molecule has 0 fully saturated rings. The van der Waals surface area contributed by atoms with Crippen LogP contribution in [0.2, 0.25) is 0 Å². The zero-order valence-electron chi connectivity index (χ0n) is 25.0. The summed E-state index contributed by atoms with van der Waals surface area (Å²) in [7, 11) is 1.21. The van der Waals surface area contributed by atoms with E-state index in [-0.39, 0.29) is 37.3 Å². The lowest BCUT2D eigenvalue weighted by Crippen LogP contribution is -2.24. The van der Waals surface area contributed by atoms with Gasteiger partial charge in [-0.3, -0.25) is 4.79 Å². The van der Waals surface area contributed by atoms with Gasteiger partial charge in [-0.15, -0.1) is 0 Å². The molecule has 0 spiro atoms. The number of esters is 1. The molecule has 0 unspecified atom stereocenters. The van der Waals surface area contributed by atoms with E-state index < -0.39 is 35.3 Å². The van der Waals surface area contributed by atoms with E-state index in [1.807, 2.05) is 51.1 Å². The molecule has 4 aromatic rings. The van der Waals surface area contributed by atoms with Crippen LogP contribution >= 0.6 is 0 Å². The monoisotopic (exact) mass is 611 g/mol. The van der Waals surface area contributed by atoms with Gasteiger partial charge in [0.1, 0.15) is 11.5 Å². The Morgan fingerprint density at radius 1 is 1.00 bits per heavy atom. The Labute approximate surface area is 253 Å². The highest BCUT2D eigenvalue weighted by Gasteiger charge is 2.33. The number of aliphatic hydroxyl groups excluding tert-OH is 2.